The van der Waals surface area contributed by atoms with Gasteiger partial charge < -0.3 is 9.84 Å². The van der Waals surface area contributed by atoms with E-state index in [4.69, 9.17) is 4.74 Å². The van der Waals surface area contributed by atoms with Crippen molar-refractivity contribution in [1.82, 2.24) is 0 Å². The normalized spacial score (nSPS) is 36.5. The summed E-state index contributed by atoms with van der Waals surface area (Å²) in [5.41, 5.74) is -0.228. The van der Waals surface area contributed by atoms with E-state index in [0.717, 1.165) is 12.8 Å². The lowest BCUT2D eigenvalue weighted by atomic mass is 9.96. The van der Waals surface area contributed by atoms with Gasteiger partial charge in [0.05, 0.1) is 12.2 Å². The maximum atomic E-state index is 9.72. The van der Waals surface area contributed by atoms with E-state index < -0.39 is 0 Å². The van der Waals surface area contributed by atoms with Gasteiger partial charge in [-0.1, -0.05) is 26.2 Å². The summed E-state index contributed by atoms with van der Waals surface area (Å²) < 4.78 is 5.35. The molecule has 1 fully saturated rings. The molecule has 2 heteroatoms. The zero-order valence-corrected chi connectivity index (χ0v) is 8.34. The van der Waals surface area contributed by atoms with Gasteiger partial charge in [0.2, 0.25) is 0 Å². The second kappa shape index (κ2) is 3.75. The average Bonchev–Trinajstić information content (AvgIpc) is 2.62. The second-order valence-electron chi connectivity index (χ2n) is 3.96. The molecule has 1 unspecified atom stereocenters. The molecule has 0 saturated carbocycles. The van der Waals surface area contributed by atoms with E-state index in [1.165, 1.54) is 12.8 Å². The minimum atomic E-state index is -0.265. The first-order valence-corrected chi connectivity index (χ1v) is 4.97. The molecule has 12 heavy (non-hydrogen) atoms. The van der Waals surface area contributed by atoms with Crippen LogP contribution in [0.15, 0.2) is 0 Å². The summed E-state index contributed by atoms with van der Waals surface area (Å²) in [6.07, 6.45) is 4.40. The van der Waals surface area contributed by atoms with Crippen molar-refractivity contribution in [3.63, 3.8) is 0 Å². The maximum Gasteiger partial charge on any atom is 0.117 e. The van der Waals surface area contributed by atoms with E-state index >= 15 is 0 Å². The molecule has 3 atom stereocenters. The van der Waals surface area contributed by atoms with E-state index in [-0.39, 0.29) is 17.8 Å². The highest BCUT2D eigenvalue weighted by Crippen LogP contribution is 2.40. The van der Waals surface area contributed by atoms with Crippen LogP contribution < -0.4 is 0 Å². The molecule has 1 aliphatic heterocycles. The van der Waals surface area contributed by atoms with Crippen LogP contribution in [0.1, 0.15) is 46.5 Å². The molecule has 1 heterocycles. The Morgan fingerprint density at radius 3 is 2.50 bits per heavy atom. The minimum absolute atomic E-state index is 0.228. The van der Waals surface area contributed by atoms with E-state index in [1.54, 1.807) is 0 Å². The van der Waals surface area contributed by atoms with Crippen molar-refractivity contribution < 1.29 is 9.84 Å². The third-order valence-corrected chi connectivity index (χ3v) is 2.92. The molecule has 0 bridgehead atoms. The molecular weight excluding hydrogens is 152 g/mol. The summed E-state index contributed by atoms with van der Waals surface area (Å²) in [6.45, 7) is 6.18. The van der Waals surface area contributed by atoms with Gasteiger partial charge in [-0.25, -0.2) is 0 Å². The summed E-state index contributed by atoms with van der Waals surface area (Å²) in [5.74, 6) is 0. The quantitative estimate of drug-likeness (QED) is 0.509. The molecule has 72 valence electrons. The predicted molar refractivity (Wildman–Crippen MR) is 49.1 cm³/mol. The van der Waals surface area contributed by atoms with Gasteiger partial charge in [-0.3, -0.25) is 0 Å². The SMILES string of the molecule is CCCCCC(O)[C@@]1(C)O[C@H]1C. The zero-order valence-electron chi connectivity index (χ0n) is 8.34. The highest BCUT2D eigenvalue weighted by atomic mass is 16.6. The van der Waals surface area contributed by atoms with Gasteiger partial charge in [0, 0.05) is 0 Å². The molecule has 0 amide bonds. The van der Waals surface area contributed by atoms with Gasteiger partial charge in [0.1, 0.15) is 5.60 Å². The first-order valence-electron chi connectivity index (χ1n) is 4.97. The van der Waals surface area contributed by atoms with Crippen molar-refractivity contribution in [2.75, 3.05) is 0 Å². The highest BCUT2D eigenvalue weighted by Gasteiger charge is 2.53. The van der Waals surface area contributed by atoms with Crippen LogP contribution in [0.5, 0.6) is 0 Å². The Kier molecular flexibility index (Phi) is 3.13. The van der Waals surface area contributed by atoms with Crippen molar-refractivity contribution in [2.45, 2.75) is 64.3 Å². The van der Waals surface area contributed by atoms with Crippen LogP contribution >= 0.6 is 0 Å². The number of ether oxygens (including phenoxy) is 1. The molecule has 2 nitrogen and oxygen atoms in total. The van der Waals surface area contributed by atoms with Crippen molar-refractivity contribution >= 4 is 0 Å². The molecule has 0 aromatic carbocycles. The Balaban J connectivity index is 2.16. The van der Waals surface area contributed by atoms with Gasteiger partial charge in [0.25, 0.3) is 0 Å². The number of hydrogen-bond acceptors (Lipinski definition) is 2. The smallest absolute Gasteiger partial charge is 0.117 e. The van der Waals surface area contributed by atoms with Crippen LogP contribution in [0.2, 0.25) is 0 Å². The summed E-state index contributed by atoms with van der Waals surface area (Å²) >= 11 is 0. The number of hydrogen-bond donors (Lipinski definition) is 1. The molecule has 0 aliphatic carbocycles. The van der Waals surface area contributed by atoms with Crippen LogP contribution in [0.3, 0.4) is 0 Å². The molecule has 1 rings (SSSR count). The number of aliphatic hydroxyl groups excluding tert-OH is 1. The molecule has 1 saturated heterocycles. The summed E-state index contributed by atoms with van der Waals surface area (Å²) in [4.78, 5) is 0. The number of epoxide rings is 1. The Bertz CT molecular complexity index is 147. The van der Waals surface area contributed by atoms with Crippen molar-refractivity contribution in [3.05, 3.63) is 0 Å². The average molecular weight is 172 g/mol. The van der Waals surface area contributed by atoms with Crippen LogP contribution in [0.4, 0.5) is 0 Å². The second-order valence-corrected chi connectivity index (χ2v) is 3.96. The lowest BCUT2D eigenvalue weighted by Gasteiger charge is -2.14. The molecule has 1 aliphatic rings. The van der Waals surface area contributed by atoms with E-state index in [0.29, 0.717) is 0 Å². The van der Waals surface area contributed by atoms with Gasteiger partial charge in [-0.2, -0.15) is 0 Å². The van der Waals surface area contributed by atoms with Gasteiger partial charge in [-0.15, -0.1) is 0 Å². The van der Waals surface area contributed by atoms with E-state index in [2.05, 4.69) is 6.92 Å². The number of aliphatic hydroxyl groups is 1. The maximum absolute atomic E-state index is 9.72. The van der Waals surface area contributed by atoms with Crippen LogP contribution in [-0.4, -0.2) is 22.9 Å². The summed E-state index contributed by atoms with van der Waals surface area (Å²) in [6, 6.07) is 0. The lowest BCUT2D eigenvalue weighted by Crippen LogP contribution is -2.28. The van der Waals surface area contributed by atoms with Gasteiger partial charge in [0.15, 0.2) is 0 Å². The number of rotatable bonds is 5. The molecule has 1 N–H and O–H groups in total. The zero-order chi connectivity index (χ0) is 9.19. The topological polar surface area (TPSA) is 32.8 Å². The van der Waals surface area contributed by atoms with Crippen LogP contribution in [-0.2, 0) is 4.74 Å². The Morgan fingerprint density at radius 2 is 2.08 bits per heavy atom. The molecule has 0 aromatic heterocycles. The van der Waals surface area contributed by atoms with Gasteiger partial charge >= 0.3 is 0 Å². The molecule has 0 radical (unpaired) electrons. The minimum Gasteiger partial charge on any atom is -0.390 e. The lowest BCUT2D eigenvalue weighted by molar-refractivity contribution is 0.0752. The largest absolute Gasteiger partial charge is 0.390 e. The Morgan fingerprint density at radius 1 is 1.50 bits per heavy atom. The fraction of sp³-hybridized carbons (Fsp3) is 1.00. The van der Waals surface area contributed by atoms with E-state index in [1.807, 2.05) is 13.8 Å². The monoisotopic (exact) mass is 172 g/mol. The van der Waals surface area contributed by atoms with Crippen LogP contribution in [0.25, 0.3) is 0 Å². The first-order chi connectivity index (χ1) is 5.61. The molecule has 0 spiro atoms. The predicted octanol–water partition coefficient (Wildman–Crippen LogP) is 2.10. The molecular formula is C10H20O2. The summed E-state index contributed by atoms with van der Waals surface area (Å²) in [5, 5.41) is 9.72. The third-order valence-electron chi connectivity index (χ3n) is 2.92. The van der Waals surface area contributed by atoms with Crippen molar-refractivity contribution in [2.24, 2.45) is 0 Å². The first kappa shape index (κ1) is 10.0. The summed E-state index contributed by atoms with van der Waals surface area (Å²) in [7, 11) is 0. The number of unbranched alkanes of at least 4 members (excludes halogenated alkanes) is 2. The fourth-order valence-electron chi connectivity index (χ4n) is 1.57. The van der Waals surface area contributed by atoms with E-state index in [9.17, 15) is 5.11 Å². The standard InChI is InChI=1S/C10H20O2/c1-4-5-6-7-9(11)10(3)8(2)12-10/h8-9,11H,4-7H2,1-3H3/t8-,9?,10-/m0/s1. The van der Waals surface area contributed by atoms with Crippen LogP contribution in [0, 0.1) is 0 Å². The Hall–Kier alpha value is -0.0800. The van der Waals surface area contributed by atoms with Crippen molar-refractivity contribution in [3.8, 4) is 0 Å². The Labute approximate surface area is 74.9 Å². The third kappa shape index (κ3) is 1.99. The van der Waals surface area contributed by atoms with Crippen molar-refractivity contribution in [1.29, 1.82) is 0 Å². The molecule has 0 aromatic rings. The van der Waals surface area contributed by atoms with Gasteiger partial charge in [-0.05, 0) is 20.3 Å². The highest BCUT2D eigenvalue weighted by molar-refractivity contribution is 5.01. The fourth-order valence-corrected chi connectivity index (χ4v) is 1.57.